The van der Waals surface area contributed by atoms with Crippen molar-refractivity contribution in [2.45, 2.75) is 58.3 Å². The van der Waals surface area contributed by atoms with Crippen LogP contribution in [0.3, 0.4) is 0 Å². The summed E-state index contributed by atoms with van der Waals surface area (Å²) in [6.45, 7) is 10.8. The van der Waals surface area contributed by atoms with Crippen molar-refractivity contribution in [2.24, 2.45) is 5.84 Å². The van der Waals surface area contributed by atoms with Crippen molar-refractivity contribution in [2.75, 3.05) is 6.54 Å². The molecule has 0 saturated heterocycles. The van der Waals surface area contributed by atoms with E-state index in [9.17, 15) is 14.4 Å². The van der Waals surface area contributed by atoms with Crippen molar-refractivity contribution in [3.8, 4) is 0 Å². The van der Waals surface area contributed by atoms with Crippen LogP contribution in [0.1, 0.15) is 90.4 Å². The molecule has 2 aromatic carbocycles. The molecule has 0 radical (unpaired) electrons. The number of hydrazine groups is 2. The molecule has 32 heavy (non-hydrogen) atoms. The first kappa shape index (κ1) is 23.6. The number of urea groups is 1. The SMILES string of the molecule is CCCC(C)(CNNC(=O)NN)c1ccc2c(c1)C(=O)c1ccc(C(C)(C)C)cc1C2=O. The maximum Gasteiger partial charge on any atom is 0.343 e. The van der Waals surface area contributed by atoms with Gasteiger partial charge in [-0.1, -0.05) is 53.2 Å². The van der Waals surface area contributed by atoms with Gasteiger partial charge in [0.1, 0.15) is 0 Å². The van der Waals surface area contributed by atoms with Crippen LogP contribution in [0.15, 0.2) is 36.4 Å². The summed E-state index contributed by atoms with van der Waals surface area (Å²) in [7, 11) is 0. The maximum absolute atomic E-state index is 13.3. The van der Waals surface area contributed by atoms with Crippen LogP contribution in [-0.2, 0) is 10.8 Å². The molecule has 1 aliphatic carbocycles. The lowest BCUT2D eigenvalue weighted by Gasteiger charge is -2.31. The Morgan fingerprint density at radius 2 is 1.41 bits per heavy atom. The third-order valence-electron chi connectivity index (χ3n) is 6.19. The Morgan fingerprint density at radius 1 is 0.875 bits per heavy atom. The van der Waals surface area contributed by atoms with Crippen molar-refractivity contribution in [1.29, 1.82) is 0 Å². The Labute approximate surface area is 189 Å². The normalized spacial score (nSPS) is 14.9. The van der Waals surface area contributed by atoms with Gasteiger partial charge in [-0.05, 0) is 47.2 Å². The number of benzene rings is 2. The van der Waals surface area contributed by atoms with Gasteiger partial charge in [-0.15, -0.1) is 0 Å². The molecule has 0 saturated carbocycles. The number of hydrogen-bond donors (Lipinski definition) is 4. The third kappa shape index (κ3) is 4.45. The third-order valence-corrected chi connectivity index (χ3v) is 6.19. The number of ketones is 2. The number of carbonyl (C=O) groups is 3. The zero-order valence-electron chi connectivity index (χ0n) is 19.4. The molecule has 7 nitrogen and oxygen atoms in total. The van der Waals surface area contributed by atoms with E-state index in [1.54, 1.807) is 12.1 Å². The van der Waals surface area contributed by atoms with Crippen LogP contribution < -0.4 is 22.1 Å². The lowest BCUT2D eigenvalue weighted by Crippen LogP contribution is -2.50. The van der Waals surface area contributed by atoms with E-state index in [4.69, 9.17) is 5.84 Å². The molecule has 0 fully saturated rings. The van der Waals surface area contributed by atoms with Crippen LogP contribution >= 0.6 is 0 Å². The minimum absolute atomic E-state index is 0.119. The van der Waals surface area contributed by atoms with Crippen LogP contribution in [0.5, 0.6) is 0 Å². The molecule has 3 rings (SSSR count). The molecule has 2 amide bonds. The maximum atomic E-state index is 13.3. The monoisotopic (exact) mass is 436 g/mol. The smallest absolute Gasteiger partial charge is 0.289 e. The summed E-state index contributed by atoms with van der Waals surface area (Å²) in [6.07, 6.45) is 1.72. The zero-order valence-corrected chi connectivity index (χ0v) is 19.4. The number of carbonyl (C=O) groups excluding carboxylic acids is 3. The molecular formula is C25H32N4O3. The number of fused-ring (bicyclic) bond motifs is 2. The second-order valence-electron chi connectivity index (χ2n) is 9.69. The van der Waals surface area contributed by atoms with E-state index in [0.29, 0.717) is 28.8 Å². The molecule has 1 atom stereocenters. The van der Waals surface area contributed by atoms with Crippen LogP contribution in [0, 0.1) is 0 Å². The van der Waals surface area contributed by atoms with E-state index in [1.165, 1.54) is 0 Å². The fraction of sp³-hybridized carbons (Fsp3) is 0.400. The van der Waals surface area contributed by atoms with Gasteiger partial charge in [0.2, 0.25) is 0 Å². The molecule has 0 bridgehead atoms. The predicted molar refractivity (Wildman–Crippen MR) is 125 cm³/mol. The van der Waals surface area contributed by atoms with Crippen molar-refractivity contribution >= 4 is 17.6 Å². The highest BCUT2D eigenvalue weighted by Gasteiger charge is 2.33. The molecule has 5 N–H and O–H groups in total. The molecule has 0 spiro atoms. The van der Waals surface area contributed by atoms with Gasteiger partial charge in [0.05, 0.1) is 0 Å². The summed E-state index contributed by atoms with van der Waals surface area (Å²) < 4.78 is 0. The van der Waals surface area contributed by atoms with Crippen molar-refractivity contribution < 1.29 is 14.4 Å². The van der Waals surface area contributed by atoms with Gasteiger partial charge in [-0.3, -0.25) is 20.4 Å². The van der Waals surface area contributed by atoms with Crippen LogP contribution in [0.4, 0.5) is 4.79 Å². The highest BCUT2D eigenvalue weighted by molar-refractivity contribution is 6.28. The highest BCUT2D eigenvalue weighted by Crippen LogP contribution is 2.35. The molecule has 2 aromatic rings. The minimum atomic E-state index is -0.540. The van der Waals surface area contributed by atoms with Gasteiger partial charge in [-0.2, -0.15) is 0 Å². The number of rotatable bonds is 6. The largest absolute Gasteiger partial charge is 0.343 e. The van der Waals surface area contributed by atoms with Crippen molar-refractivity contribution in [1.82, 2.24) is 16.3 Å². The highest BCUT2D eigenvalue weighted by atomic mass is 16.2. The average Bonchev–Trinajstić information content (AvgIpc) is 2.76. The summed E-state index contributed by atoms with van der Waals surface area (Å²) in [5.74, 6) is 4.84. The van der Waals surface area contributed by atoms with E-state index in [-0.39, 0.29) is 22.4 Å². The van der Waals surface area contributed by atoms with Gasteiger partial charge < -0.3 is 0 Å². The molecule has 0 aromatic heterocycles. The van der Waals surface area contributed by atoms with Gasteiger partial charge >= 0.3 is 6.03 Å². The second kappa shape index (κ2) is 8.84. The number of hydrogen-bond acceptors (Lipinski definition) is 5. The topological polar surface area (TPSA) is 113 Å². The van der Waals surface area contributed by atoms with E-state index in [1.807, 2.05) is 29.7 Å². The minimum Gasteiger partial charge on any atom is -0.289 e. The summed E-state index contributed by atoms with van der Waals surface area (Å²) >= 11 is 0. The Morgan fingerprint density at radius 3 is 1.91 bits per heavy atom. The summed E-state index contributed by atoms with van der Waals surface area (Å²) in [6, 6.07) is 10.5. The van der Waals surface area contributed by atoms with Crippen molar-refractivity contribution in [3.05, 3.63) is 69.8 Å². The predicted octanol–water partition coefficient (Wildman–Crippen LogP) is 3.49. The summed E-state index contributed by atoms with van der Waals surface area (Å²) in [5, 5.41) is 0. The first-order valence-electron chi connectivity index (χ1n) is 10.9. The fourth-order valence-electron chi connectivity index (χ4n) is 4.23. The summed E-state index contributed by atoms with van der Waals surface area (Å²) in [5.41, 5.74) is 10.6. The number of amides is 2. The molecule has 1 aliphatic rings. The van der Waals surface area contributed by atoms with E-state index in [2.05, 4.69) is 45.5 Å². The summed E-state index contributed by atoms with van der Waals surface area (Å²) in [4.78, 5) is 38.0. The number of nitrogens with two attached hydrogens (primary N) is 1. The van der Waals surface area contributed by atoms with Crippen LogP contribution in [0.25, 0.3) is 0 Å². The molecule has 1 unspecified atom stereocenters. The standard InChI is InChI=1S/C25H32N4O3/c1-6-11-25(5,14-27-29-23(32)28-26)16-8-10-18-20(13-16)22(31)17-9-7-15(24(2,3)4)12-19(17)21(18)30/h7-10,12-13,27H,6,11,14,26H2,1-5H3,(H2,28,29,32). The van der Waals surface area contributed by atoms with Gasteiger partial charge in [0, 0.05) is 34.2 Å². The van der Waals surface area contributed by atoms with E-state index < -0.39 is 6.03 Å². The average molecular weight is 437 g/mol. The molecule has 0 aliphatic heterocycles. The Kier molecular flexibility index (Phi) is 6.53. The van der Waals surface area contributed by atoms with Gasteiger partial charge in [-0.25, -0.2) is 16.1 Å². The molecule has 0 heterocycles. The lowest BCUT2D eigenvalue weighted by molar-refractivity contribution is 0.0978. The molecular weight excluding hydrogens is 404 g/mol. The molecule has 170 valence electrons. The van der Waals surface area contributed by atoms with Crippen LogP contribution in [0.2, 0.25) is 0 Å². The van der Waals surface area contributed by atoms with E-state index >= 15 is 0 Å². The quantitative estimate of drug-likeness (QED) is 0.268. The first-order chi connectivity index (χ1) is 15.0. The Hall–Kier alpha value is -3.03. The Balaban J connectivity index is 1.98. The fourth-order valence-corrected chi connectivity index (χ4v) is 4.23. The van der Waals surface area contributed by atoms with Gasteiger partial charge in [0.15, 0.2) is 11.6 Å². The Bertz CT molecular complexity index is 1070. The van der Waals surface area contributed by atoms with Crippen LogP contribution in [-0.4, -0.2) is 24.1 Å². The lowest BCUT2D eigenvalue weighted by atomic mass is 9.74. The second-order valence-corrected chi connectivity index (χ2v) is 9.69. The molecule has 7 heteroatoms. The van der Waals surface area contributed by atoms with E-state index in [0.717, 1.165) is 24.0 Å². The zero-order chi connectivity index (χ0) is 23.7. The van der Waals surface area contributed by atoms with Crippen molar-refractivity contribution in [3.63, 3.8) is 0 Å². The first-order valence-corrected chi connectivity index (χ1v) is 10.9. The van der Waals surface area contributed by atoms with Gasteiger partial charge in [0.25, 0.3) is 0 Å². The number of nitrogens with one attached hydrogen (secondary N) is 3.